The molecule has 0 bridgehead atoms. The van der Waals surface area contributed by atoms with Crippen molar-refractivity contribution < 1.29 is 9.18 Å². The largest absolute Gasteiger partial charge is 0.357 e. The Labute approximate surface area is 172 Å². The van der Waals surface area contributed by atoms with Crippen LogP contribution >= 0.6 is 0 Å². The molecular weight excluding hydrogens is 367 g/mol. The highest BCUT2D eigenvalue weighted by molar-refractivity contribution is 5.81. The van der Waals surface area contributed by atoms with Crippen LogP contribution in [0.3, 0.4) is 0 Å². The molecular formula is C23H33FN4O. The number of nitrogens with zero attached hydrogens (tertiary/aromatic N) is 1. The highest BCUT2D eigenvalue weighted by atomic mass is 19.1. The lowest BCUT2D eigenvalue weighted by molar-refractivity contribution is -0.126. The summed E-state index contributed by atoms with van der Waals surface area (Å²) in [5.74, 6) is 0.958. The maximum atomic E-state index is 13.6. The predicted octanol–water partition coefficient (Wildman–Crippen LogP) is 3.25. The Morgan fingerprint density at radius 1 is 1.17 bits per heavy atom. The van der Waals surface area contributed by atoms with Gasteiger partial charge < -0.3 is 16.0 Å². The summed E-state index contributed by atoms with van der Waals surface area (Å²) in [4.78, 5) is 17.3. The second kappa shape index (κ2) is 8.72. The summed E-state index contributed by atoms with van der Waals surface area (Å²) in [6, 6.07) is 7.62. The van der Waals surface area contributed by atoms with E-state index < -0.39 is 0 Å². The number of rotatable bonds is 7. The summed E-state index contributed by atoms with van der Waals surface area (Å²) < 4.78 is 13.6. The van der Waals surface area contributed by atoms with Crippen molar-refractivity contribution in [3.05, 3.63) is 35.6 Å². The number of hydrogen-bond donors (Lipinski definition) is 3. The van der Waals surface area contributed by atoms with Crippen molar-refractivity contribution in [3.63, 3.8) is 0 Å². The van der Waals surface area contributed by atoms with Crippen LogP contribution in [0.2, 0.25) is 0 Å². The Morgan fingerprint density at radius 3 is 2.69 bits per heavy atom. The van der Waals surface area contributed by atoms with Crippen molar-refractivity contribution in [1.82, 2.24) is 16.0 Å². The van der Waals surface area contributed by atoms with Crippen LogP contribution in [0.4, 0.5) is 4.39 Å². The molecule has 5 nitrogen and oxygen atoms in total. The van der Waals surface area contributed by atoms with Gasteiger partial charge in [-0.05, 0) is 69.6 Å². The van der Waals surface area contributed by atoms with Crippen molar-refractivity contribution in [2.45, 2.75) is 75.8 Å². The molecule has 0 saturated heterocycles. The molecule has 0 radical (unpaired) electrons. The van der Waals surface area contributed by atoms with Gasteiger partial charge >= 0.3 is 0 Å². The zero-order valence-electron chi connectivity index (χ0n) is 17.3. The average molecular weight is 401 g/mol. The molecule has 3 fully saturated rings. The van der Waals surface area contributed by atoms with Crippen molar-refractivity contribution in [3.8, 4) is 0 Å². The van der Waals surface area contributed by atoms with Gasteiger partial charge in [-0.3, -0.25) is 9.79 Å². The summed E-state index contributed by atoms with van der Waals surface area (Å²) in [6.45, 7) is 3.50. The molecule has 1 amide bonds. The third kappa shape index (κ3) is 5.28. The number of carbonyl (C=O) groups excluding carboxylic acids is 1. The Morgan fingerprint density at radius 2 is 2.00 bits per heavy atom. The molecule has 3 aliphatic rings. The van der Waals surface area contributed by atoms with E-state index in [0.717, 1.165) is 69.4 Å². The Hall–Kier alpha value is -2.11. The number of halogens is 1. The monoisotopic (exact) mass is 400 g/mol. The van der Waals surface area contributed by atoms with E-state index in [1.54, 1.807) is 12.1 Å². The number of aliphatic imine (C=N–C) groups is 1. The van der Waals surface area contributed by atoms with Gasteiger partial charge in [0, 0.05) is 30.0 Å². The van der Waals surface area contributed by atoms with Crippen molar-refractivity contribution in [2.24, 2.45) is 10.9 Å². The fraction of sp³-hybridized carbons (Fsp3) is 0.652. The highest BCUT2D eigenvalue weighted by Gasteiger charge is 2.44. The van der Waals surface area contributed by atoms with Gasteiger partial charge in [0.25, 0.3) is 0 Å². The smallest absolute Gasteiger partial charge is 0.223 e. The van der Waals surface area contributed by atoms with E-state index in [9.17, 15) is 9.18 Å². The molecule has 3 aliphatic carbocycles. The minimum atomic E-state index is -0.180. The van der Waals surface area contributed by atoms with E-state index in [0.29, 0.717) is 12.6 Å². The Balaban J connectivity index is 1.36. The zero-order valence-corrected chi connectivity index (χ0v) is 17.3. The lowest BCUT2D eigenvalue weighted by Gasteiger charge is -2.30. The van der Waals surface area contributed by atoms with E-state index in [4.69, 9.17) is 4.99 Å². The van der Waals surface area contributed by atoms with Crippen LogP contribution in [0, 0.1) is 11.7 Å². The summed E-state index contributed by atoms with van der Waals surface area (Å²) in [7, 11) is 0. The minimum Gasteiger partial charge on any atom is -0.357 e. The first-order valence-electron chi connectivity index (χ1n) is 11.2. The second-order valence-corrected chi connectivity index (χ2v) is 8.97. The van der Waals surface area contributed by atoms with Gasteiger partial charge in [0.2, 0.25) is 5.91 Å². The summed E-state index contributed by atoms with van der Waals surface area (Å²) >= 11 is 0. The Kier molecular flexibility index (Phi) is 6.07. The quantitative estimate of drug-likeness (QED) is 0.486. The molecule has 6 heteroatoms. The van der Waals surface area contributed by atoms with Gasteiger partial charge in [-0.25, -0.2) is 4.39 Å². The normalized spacial score (nSPS) is 25.9. The predicted molar refractivity (Wildman–Crippen MR) is 113 cm³/mol. The van der Waals surface area contributed by atoms with Crippen LogP contribution in [0.15, 0.2) is 29.3 Å². The molecule has 158 valence electrons. The third-order valence-corrected chi connectivity index (χ3v) is 6.48. The average Bonchev–Trinajstić information content (AvgIpc) is 3.63. The number of benzene rings is 1. The number of amides is 1. The number of nitrogens with one attached hydrogen (secondary N) is 3. The maximum Gasteiger partial charge on any atom is 0.223 e. The molecule has 2 atom stereocenters. The SMILES string of the molecule is CCNC(=NCC1(c2cccc(F)c2)CC1)NC1CCCC(C(=O)NC2CC2)C1. The van der Waals surface area contributed by atoms with Crippen LogP contribution in [0.5, 0.6) is 0 Å². The zero-order chi connectivity index (χ0) is 20.3. The van der Waals surface area contributed by atoms with Crippen LogP contribution in [0.25, 0.3) is 0 Å². The van der Waals surface area contributed by atoms with Gasteiger partial charge in [-0.1, -0.05) is 18.6 Å². The molecule has 0 aromatic heterocycles. The molecule has 0 spiro atoms. The molecule has 1 aromatic rings. The van der Waals surface area contributed by atoms with Crippen LogP contribution in [-0.2, 0) is 10.2 Å². The van der Waals surface area contributed by atoms with E-state index in [2.05, 4.69) is 22.9 Å². The second-order valence-electron chi connectivity index (χ2n) is 8.97. The molecule has 4 rings (SSSR count). The molecule has 2 unspecified atom stereocenters. The van der Waals surface area contributed by atoms with Gasteiger partial charge in [0.1, 0.15) is 5.82 Å². The summed E-state index contributed by atoms with van der Waals surface area (Å²) in [6.07, 6.45) is 8.32. The van der Waals surface area contributed by atoms with Crippen LogP contribution < -0.4 is 16.0 Å². The van der Waals surface area contributed by atoms with Crippen molar-refractivity contribution >= 4 is 11.9 Å². The first-order valence-corrected chi connectivity index (χ1v) is 11.2. The Bertz CT molecular complexity index is 757. The minimum absolute atomic E-state index is 0.0241. The van der Waals surface area contributed by atoms with Crippen LogP contribution in [0.1, 0.15) is 63.9 Å². The summed E-state index contributed by atoms with van der Waals surface area (Å²) in [5, 5.41) is 10.1. The van der Waals surface area contributed by atoms with Gasteiger partial charge in [0.15, 0.2) is 5.96 Å². The highest BCUT2D eigenvalue weighted by Crippen LogP contribution is 2.48. The van der Waals surface area contributed by atoms with E-state index in [1.165, 1.54) is 6.07 Å². The number of carbonyl (C=O) groups is 1. The van der Waals surface area contributed by atoms with E-state index in [-0.39, 0.29) is 29.1 Å². The first kappa shape index (κ1) is 20.2. The third-order valence-electron chi connectivity index (χ3n) is 6.48. The molecule has 0 aliphatic heterocycles. The lowest BCUT2D eigenvalue weighted by atomic mass is 9.85. The van der Waals surface area contributed by atoms with Gasteiger partial charge in [-0.2, -0.15) is 0 Å². The topological polar surface area (TPSA) is 65.5 Å². The van der Waals surface area contributed by atoms with Crippen LogP contribution in [-0.4, -0.2) is 37.0 Å². The number of hydrogen-bond acceptors (Lipinski definition) is 2. The van der Waals surface area contributed by atoms with E-state index >= 15 is 0 Å². The van der Waals surface area contributed by atoms with Gasteiger partial charge in [-0.15, -0.1) is 0 Å². The molecule has 1 aromatic carbocycles. The fourth-order valence-electron chi connectivity index (χ4n) is 4.36. The first-order chi connectivity index (χ1) is 14.1. The standard InChI is InChI=1S/C23H33FN4O/c1-2-25-22(26-15-23(11-12-23)17-6-4-7-18(24)14-17)28-20-8-3-5-16(13-20)21(29)27-19-9-10-19/h4,6-7,14,16,19-20H,2-3,5,8-13,15H2,1H3,(H,27,29)(H2,25,26,28). The van der Waals surface area contributed by atoms with Gasteiger partial charge in [0.05, 0.1) is 6.54 Å². The molecule has 29 heavy (non-hydrogen) atoms. The molecule has 0 heterocycles. The molecule has 3 saturated carbocycles. The number of guanidine groups is 1. The molecule has 3 N–H and O–H groups in total. The maximum absolute atomic E-state index is 13.6. The lowest BCUT2D eigenvalue weighted by Crippen LogP contribution is -2.47. The van der Waals surface area contributed by atoms with Crippen molar-refractivity contribution in [1.29, 1.82) is 0 Å². The summed E-state index contributed by atoms with van der Waals surface area (Å²) in [5.41, 5.74) is 1.02. The van der Waals surface area contributed by atoms with Crippen molar-refractivity contribution in [2.75, 3.05) is 13.1 Å². The fourth-order valence-corrected chi connectivity index (χ4v) is 4.36. The van der Waals surface area contributed by atoms with E-state index in [1.807, 2.05) is 6.07 Å².